The van der Waals surface area contributed by atoms with Gasteiger partial charge in [-0.3, -0.25) is 9.36 Å². The van der Waals surface area contributed by atoms with E-state index in [9.17, 15) is 14.9 Å². The van der Waals surface area contributed by atoms with Crippen molar-refractivity contribution in [2.75, 3.05) is 0 Å². The number of amides is 1. The highest BCUT2D eigenvalue weighted by Gasteiger charge is 2.39. The van der Waals surface area contributed by atoms with Crippen molar-refractivity contribution >= 4 is 11.7 Å². The number of aromatic nitrogens is 2. The lowest BCUT2D eigenvalue weighted by molar-refractivity contribution is -0.389. The quantitative estimate of drug-likeness (QED) is 0.637. The highest BCUT2D eigenvalue weighted by atomic mass is 16.6. The van der Waals surface area contributed by atoms with E-state index >= 15 is 0 Å². The summed E-state index contributed by atoms with van der Waals surface area (Å²) in [6, 6.07) is 0.437. The summed E-state index contributed by atoms with van der Waals surface area (Å²) in [4.78, 5) is 26.4. The molecule has 2 fully saturated rings. The molecule has 2 aliphatic carbocycles. The maximum absolute atomic E-state index is 12.4. The van der Waals surface area contributed by atoms with Gasteiger partial charge in [-0.15, -0.1) is 0 Å². The monoisotopic (exact) mass is 321 g/mol. The summed E-state index contributed by atoms with van der Waals surface area (Å²) in [6.45, 7) is 1.73. The van der Waals surface area contributed by atoms with Crippen LogP contribution in [0.25, 0.3) is 0 Å². The molecule has 8 nitrogen and oxygen atoms in total. The van der Waals surface area contributed by atoms with Gasteiger partial charge in [-0.05, 0) is 47.4 Å². The largest absolute Gasteiger partial charge is 0.381 e. The van der Waals surface area contributed by atoms with Gasteiger partial charge in [0.25, 0.3) is 0 Å². The maximum atomic E-state index is 12.4. The summed E-state index contributed by atoms with van der Waals surface area (Å²) < 4.78 is 1.53. The van der Waals surface area contributed by atoms with E-state index in [2.05, 4.69) is 10.3 Å². The van der Waals surface area contributed by atoms with Crippen LogP contribution in [0.3, 0.4) is 0 Å². The van der Waals surface area contributed by atoms with E-state index in [0.29, 0.717) is 17.7 Å². The molecule has 1 heterocycles. The molecule has 2 unspecified atom stereocenters. The molecular weight excluding hydrogens is 298 g/mol. The number of hydrogen-bond acceptors (Lipinski definition) is 5. The SMILES string of the molecule is Cc1nc([N+](=O)[O-])cn1CC(=O)NC1C2CCCC1CC(N)C2. The topological polar surface area (TPSA) is 116 Å². The first-order valence-corrected chi connectivity index (χ1v) is 8.17. The third kappa shape index (κ3) is 3.36. The number of nitrogens with two attached hydrogens (primary N) is 1. The van der Waals surface area contributed by atoms with Gasteiger partial charge in [-0.2, -0.15) is 0 Å². The number of nitrogens with one attached hydrogen (secondary N) is 1. The normalized spacial score (nSPS) is 30.0. The zero-order valence-corrected chi connectivity index (χ0v) is 13.3. The summed E-state index contributed by atoms with van der Waals surface area (Å²) in [6.07, 6.45) is 6.69. The fourth-order valence-electron chi connectivity index (χ4n) is 4.15. The summed E-state index contributed by atoms with van der Waals surface area (Å²) >= 11 is 0. The molecule has 0 saturated heterocycles. The van der Waals surface area contributed by atoms with Crippen LogP contribution in [0.2, 0.25) is 0 Å². The third-order valence-electron chi connectivity index (χ3n) is 5.17. The molecule has 2 atom stereocenters. The molecule has 0 spiro atoms. The predicted octanol–water partition coefficient (Wildman–Crippen LogP) is 1.12. The van der Waals surface area contributed by atoms with Gasteiger partial charge in [-0.1, -0.05) is 6.42 Å². The van der Waals surface area contributed by atoms with Crippen molar-refractivity contribution in [3.63, 3.8) is 0 Å². The minimum absolute atomic E-state index is 0.0642. The number of hydrogen-bond donors (Lipinski definition) is 2. The zero-order chi connectivity index (χ0) is 16.6. The van der Waals surface area contributed by atoms with Crippen molar-refractivity contribution in [3.8, 4) is 0 Å². The third-order valence-corrected chi connectivity index (χ3v) is 5.17. The van der Waals surface area contributed by atoms with Crippen LogP contribution in [0.15, 0.2) is 6.20 Å². The number of imidazole rings is 1. The Balaban J connectivity index is 1.64. The predicted molar refractivity (Wildman–Crippen MR) is 83.6 cm³/mol. The first-order chi connectivity index (χ1) is 10.9. The van der Waals surface area contributed by atoms with Gasteiger partial charge in [0.05, 0.1) is 0 Å². The molecule has 2 saturated carbocycles. The molecule has 2 bridgehead atoms. The Hall–Kier alpha value is -1.96. The minimum Gasteiger partial charge on any atom is -0.358 e. The van der Waals surface area contributed by atoms with Gasteiger partial charge in [0, 0.05) is 19.0 Å². The Kier molecular flexibility index (Phi) is 4.34. The van der Waals surface area contributed by atoms with E-state index in [-0.39, 0.29) is 30.4 Å². The molecule has 1 aromatic rings. The number of nitro groups is 1. The molecule has 23 heavy (non-hydrogen) atoms. The molecule has 8 heteroatoms. The smallest absolute Gasteiger partial charge is 0.358 e. The van der Waals surface area contributed by atoms with Crippen molar-refractivity contribution in [3.05, 3.63) is 22.1 Å². The van der Waals surface area contributed by atoms with Gasteiger partial charge < -0.3 is 21.2 Å². The lowest BCUT2D eigenvalue weighted by atomic mass is 9.67. The van der Waals surface area contributed by atoms with Gasteiger partial charge >= 0.3 is 5.82 Å². The Labute approximate surface area is 134 Å². The van der Waals surface area contributed by atoms with Gasteiger partial charge in [0.1, 0.15) is 12.7 Å². The van der Waals surface area contributed by atoms with E-state index in [0.717, 1.165) is 25.7 Å². The summed E-state index contributed by atoms with van der Waals surface area (Å²) in [5, 5.41) is 13.9. The standard InChI is InChI=1S/C15H23N5O3/c1-9-17-13(20(22)23)7-19(9)8-14(21)18-15-10-3-2-4-11(15)6-12(16)5-10/h7,10-12,15H,2-6,8,16H2,1H3,(H,18,21). The molecule has 1 aromatic heterocycles. The number of aryl methyl sites for hydroxylation is 1. The zero-order valence-electron chi connectivity index (χ0n) is 13.3. The van der Waals surface area contributed by atoms with Gasteiger partial charge in [-0.25, -0.2) is 0 Å². The first kappa shape index (κ1) is 15.9. The Morgan fingerprint density at radius 1 is 1.48 bits per heavy atom. The maximum Gasteiger partial charge on any atom is 0.381 e. The van der Waals surface area contributed by atoms with Gasteiger partial charge in [0.2, 0.25) is 11.7 Å². The highest BCUT2D eigenvalue weighted by Crippen LogP contribution is 2.39. The Bertz CT molecular complexity index is 600. The second-order valence-corrected chi connectivity index (χ2v) is 6.81. The van der Waals surface area contributed by atoms with E-state index in [1.807, 2.05) is 0 Å². The van der Waals surface area contributed by atoms with Gasteiger partial charge in [0.15, 0.2) is 0 Å². The van der Waals surface area contributed by atoms with Crippen molar-refractivity contribution in [2.45, 2.75) is 57.7 Å². The van der Waals surface area contributed by atoms with Crippen molar-refractivity contribution < 1.29 is 9.72 Å². The molecule has 3 N–H and O–H groups in total. The van der Waals surface area contributed by atoms with Crippen LogP contribution in [-0.2, 0) is 11.3 Å². The Morgan fingerprint density at radius 3 is 2.70 bits per heavy atom. The average Bonchev–Trinajstić information content (AvgIpc) is 2.81. The van der Waals surface area contributed by atoms with E-state index in [1.54, 1.807) is 6.92 Å². The van der Waals surface area contributed by atoms with Crippen LogP contribution in [0, 0.1) is 28.9 Å². The molecule has 3 rings (SSSR count). The lowest BCUT2D eigenvalue weighted by Gasteiger charge is -2.45. The molecule has 0 aliphatic heterocycles. The fourth-order valence-corrected chi connectivity index (χ4v) is 4.15. The summed E-state index contributed by atoms with van der Waals surface area (Å²) in [5.41, 5.74) is 6.10. The fraction of sp³-hybridized carbons (Fsp3) is 0.733. The average molecular weight is 321 g/mol. The number of fused-ring (bicyclic) bond motifs is 2. The van der Waals surface area contributed by atoms with Crippen LogP contribution < -0.4 is 11.1 Å². The number of carbonyl (C=O) groups is 1. The van der Waals surface area contributed by atoms with E-state index in [4.69, 9.17) is 5.73 Å². The molecule has 0 radical (unpaired) electrons. The van der Waals surface area contributed by atoms with Crippen molar-refractivity contribution in [1.29, 1.82) is 0 Å². The van der Waals surface area contributed by atoms with E-state index in [1.165, 1.54) is 17.2 Å². The highest BCUT2D eigenvalue weighted by molar-refractivity contribution is 5.76. The van der Waals surface area contributed by atoms with Crippen LogP contribution in [0.1, 0.15) is 37.9 Å². The molecule has 126 valence electrons. The van der Waals surface area contributed by atoms with Crippen LogP contribution >= 0.6 is 0 Å². The number of carbonyl (C=O) groups excluding carboxylic acids is 1. The second-order valence-electron chi connectivity index (χ2n) is 6.81. The first-order valence-electron chi connectivity index (χ1n) is 8.17. The van der Waals surface area contributed by atoms with Crippen LogP contribution in [0.4, 0.5) is 5.82 Å². The number of nitrogens with zero attached hydrogens (tertiary/aromatic N) is 3. The van der Waals surface area contributed by atoms with Crippen LogP contribution in [-0.4, -0.2) is 32.5 Å². The van der Waals surface area contributed by atoms with Crippen molar-refractivity contribution in [1.82, 2.24) is 14.9 Å². The number of rotatable bonds is 4. The van der Waals surface area contributed by atoms with Crippen LogP contribution in [0.5, 0.6) is 0 Å². The second kappa shape index (κ2) is 6.27. The molecule has 0 aromatic carbocycles. The summed E-state index contributed by atoms with van der Waals surface area (Å²) in [7, 11) is 0. The molecule has 2 aliphatic rings. The summed E-state index contributed by atoms with van der Waals surface area (Å²) in [5.74, 6) is 1.05. The molecule has 1 amide bonds. The van der Waals surface area contributed by atoms with Crippen molar-refractivity contribution in [2.24, 2.45) is 17.6 Å². The molecular formula is C15H23N5O3. The lowest BCUT2D eigenvalue weighted by Crippen LogP contribution is -2.54. The Morgan fingerprint density at radius 2 is 2.13 bits per heavy atom. The minimum atomic E-state index is -0.547. The van der Waals surface area contributed by atoms with E-state index < -0.39 is 4.92 Å².